The Bertz CT molecular complexity index is 813. The summed E-state index contributed by atoms with van der Waals surface area (Å²) < 4.78 is 1.23. The molecule has 1 aliphatic heterocycles. The van der Waals surface area contributed by atoms with Crippen LogP contribution in [0.1, 0.15) is 23.9 Å². The van der Waals surface area contributed by atoms with Gasteiger partial charge in [0.1, 0.15) is 6.04 Å². The van der Waals surface area contributed by atoms with Gasteiger partial charge in [-0.25, -0.2) is 4.98 Å². The van der Waals surface area contributed by atoms with E-state index in [0.29, 0.717) is 12.6 Å². The van der Waals surface area contributed by atoms with Crippen molar-refractivity contribution in [3.05, 3.63) is 59.6 Å². The summed E-state index contributed by atoms with van der Waals surface area (Å²) in [5, 5.41) is 4.15. The number of fused-ring (bicyclic) bond motifs is 1. The average Bonchev–Trinajstić information content (AvgIpc) is 3.21. The lowest BCUT2D eigenvalue weighted by atomic mass is 10.2. The van der Waals surface area contributed by atoms with Gasteiger partial charge >= 0.3 is 0 Å². The second-order valence-corrected chi connectivity index (χ2v) is 7.28. The number of nitrogens with one attached hydrogen (secondary N) is 2. The molecule has 1 amide bonds. The van der Waals surface area contributed by atoms with Crippen LogP contribution >= 0.6 is 11.3 Å². The number of benzene rings is 2. The minimum Gasteiger partial charge on any atom is -0.321 e. The van der Waals surface area contributed by atoms with E-state index >= 15 is 0 Å². The molecule has 1 aliphatic rings. The molecule has 1 aromatic heterocycles. The van der Waals surface area contributed by atoms with Crippen LogP contribution in [0.3, 0.4) is 0 Å². The Morgan fingerprint density at radius 3 is 2.79 bits per heavy atom. The number of aromatic nitrogens is 1. The zero-order valence-electron chi connectivity index (χ0n) is 13.4. The maximum atomic E-state index is 12.4. The van der Waals surface area contributed by atoms with Crippen molar-refractivity contribution in [1.82, 2.24) is 4.98 Å². The molecule has 0 radical (unpaired) electrons. The third-order valence-corrected chi connectivity index (χ3v) is 5.69. The van der Waals surface area contributed by atoms with E-state index in [9.17, 15) is 4.79 Å². The highest BCUT2D eigenvalue weighted by atomic mass is 32.1. The van der Waals surface area contributed by atoms with Crippen LogP contribution in [0.2, 0.25) is 0 Å². The lowest BCUT2D eigenvalue weighted by Crippen LogP contribution is -3.11. The summed E-state index contributed by atoms with van der Waals surface area (Å²) in [6, 6.07) is 18.2. The van der Waals surface area contributed by atoms with Crippen molar-refractivity contribution in [2.24, 2.45) is 0 Å². The molecule has 0 saturated carbocycles. The predicted octanol–water partition coefficient (Wildman–Crippen LogP) is 2.65. The smallest absolute Gasteiger partial charge is 0.279 e. The van der Waals surface area contributed by atoms with Gasteiger partial charge in [0.2, 0.25) is 0 Å². The molecular formula is C19H20N3OS+. The lowest BCUT2D eigenvalue weighted by Gasteiger charge is -2.19. The van der Waals surface area contributed by atoms with Gasteiger partial charge < -0.3 is 10.2 Å². The zero-order chi connectivity index (χ0) is 16.4. The number of thiazole rings is 1. The first-order valence-corrected chi connectivity index (χ1v) is 9.16. The molecule has 1 saturated heterocycles. The largest absolute Gasteiger partial charge is 0.321 e. The number of quaternary nitrogens is 1. The predicted molar refractivity (Wildman–Crippen MR) is 97.4 cm³/mol. The molecular weight excluding hydrogens is 318 g/mol. The van der Waals surface area contributed by atoms with Crippen LogP contribution in [0, 0.1) is 0 Å². The van der Waals surface area contributed by atoms with Gasteiger partial charge in [0.15, 0.2) is 11.6 Å². The highest BCUT2D eigenvalue weighted by molar-refractivity contribution is 7.18. The standard InChI is InChI=1S/C19H19N3OS/c23-18(20-14-7-2-1-3-8-14)13-22-12-6-10-16(22)19-21-15-9-4-5-11-17(15)24-19/h1-5,7-9,11,16H,6,10,12-13H2,(H,20,23)/p+1/t16-/m1/s1. The van der Waals surface area contributed by atoms with Crippen molar-refractivity contribution in [3.8, 4) is 0 Å². The number of likely N-dealkylation sites (tertiary alicyclic amines) is 1. The van der Waals surface area contributed by atoms with E-state index in [1.165, 1.54) is 9.60 Å². The van der Waals surface area contributed by atoms with Crippen molar-refractivity contribution in [2.45, 2.75) is 18.9 Å². The fraction of sp³-hybridized carbons (Fsp3) is 0.263. The Hall–Kier alpha value is -2.24. The second-order valence-electron chi connectivity index (χ2n) is 6.21. The molecule has 4 nitrogen and oxygen atoms in total. The number of hydrogen-bond acceptors (Lipinski definition) is 3. The molecule has 24 heavy (non-hydrogen) atoms. The maximum Gasteiger partial charge on any atom is 0.279 e. The first-order chi connectivity index (χ1) is 11.8. The Morgan fingerprint density at radius 2 is 1.96 bits per heavy atom. The molecule has 0 aliphatic carbocycles. The third kappa shape index (κ3) is 3.18. The zero-order valence-corrected chi connectivity index (χ0v) is 14.2. The number of carbonyl (C=O) groups is 1. The van der Waals surface area contributed by atoms with Gasteiger partial charge in [0.25, 0.3) is 5.91 Å². The minimum absolute atomic E-state index is 0.0733. The molecule has 1 fully saturated rings. The van der Waals surface area contributed by atoms with E-state index in [-0.39, 0.29) is 5.91 Å². The molecule has 2 aromatic carbocycles. The van der Waals surface area contributed by atoms with Crippen molar-refractivity contribution >= 4 is 33.1 Å². The molecule has 4 rings (SSSR count). The van der Waals surface area contributed by atoms with Gasteiger partial charge in [-0.2, -0.15) is 0 Å². The van der Waals surface area contributed by atoms with Crippen LogP contribution in [0.5, 0.6) is 0 Å². The summed E-state index contributed by atoms with van der Waals surface area (Å²) in [7, 11) is 0. The molecule has 0 bridgehead atoms. The number of carbonyl (C=O) groups excluding carboxylic acids is 1. The van der Waals surface area contributed by atoms with Gasteiger partial charge in [-0.15, -0.1) is 11.3 Å². The van der Waals surface area contributed by atoms with E-state index in [2.05, 4.69) is 23.5 Å². The van der Waals surface area contributed by atoms with Crippen molar-refractivity contribution in [1.29, 1.82) is 0 Å². The SMILES string of the molecule is O=C(C[NH+]1CCC[C@@H]1c1nc2ccccc2s1)Nc1ccccc1. The van der Waals surface area contributed by atoms with Crippen LogP contribution in [-0.2, 0) is 4.79 Å². The van der Waals surface area contributed by atoms with Crippen LogP contribution in [0.15, 0.2) is 54.6 Å². The molecule has 3 aromatic rings. The molecule has 2 heterocycles. The summed E-state index contributed by atoms with van der Waals surface area (Å²) in [6.45, 7) is 1.53. The summed E-state index contributed by atoms with van der Waals surface area (Å²) in [6.07, 6.45) is 2.25. The first-order valence-electron chi connectivity index (χ1n) is 8.34. The highest BCUT2D eigenvalue weighted by Gasteiger charge is 2.33. The number of anilines is 1. The minimum atomic E-state index is 0.0733. The van der Waals surface area contributed by atoms with Crippen molar-refractivity contribution in [2.75, 3.05) is 18.4 Å². The second kappa shape index (κ2) is 6.71. The molecule has 5 heteroatoms. The van der Waals surface area contributed by atoms with E-state index in [0.717, 1.165) is 35.6 Å². The fourth-order valence-electron chi connectivity index (χ4n) is 3.39. The maximum absolute atomic E-state index is 12.4. The Kier molecular flexibility index (Phi) is 4.28. The molecule has 2 atom stereocenters. The number of para-hydroxylation sites is 2. The van der Waals surface area contributed by atoms with Crippen LogP contribution in [-0.4, -0.2) is 24.0 Å². The normalized spacial score (nSPS) is 20.3. The van der Waals surface area contributed by atoms with Gasteiger partial charge in [-0.05, 0) is 24.3 Å². The first kappa shape index (κ1) is 15.3. The number of hydrogen-bond donors (Lipinski definition) is 2. The molecule has 1 unspecified atom stereocenters. The van der Waals surface area contributed by atoms with E-state index in [1.54, 1.807) is 11.3 Å². The van der Waals surface area contributed by atoms with E-state index < -0.39 is 0 Å². The fourth-order valence-corrected chi connectivity index (χ4v) is 4.55. The summed E-state index contributed by atoms with van der Waals surface area (Å²) in [4.78, 5) is 18.5. The monoisotopic (exact) mass is 338 g/mol. The van der Waals surface area contributed by atoms with Crippen LogP contribution in [0.25, 0.3) is 10.2 Å². The van der Waals surface area contributed by atoms with Crippen molar-refractivity contribution in [3.63, 3.8) is 0 Å². The summed E-state index contributed by atoms with van der Waals surface area (Å²) in [5.41, 5.74) is 1.93. The van der Waals surface area contributed by atoms with E-state index in [1.807, 2.05) is 36.4 Å². The Balaban J connectivity index is 1.47. The van der Waals surface area contributed by atoms with E-state index in [4.69, 9.17) is 4.98 Å². The molecule has 2 N–H and O–H groups in total. The number of nitrogens with zero attached hydrogens (tertiary/aromatic N) is 1. The average molecular weight is 338 g/mol. The Labute approximate surface area is 145 Å². The quantitative estimate of drug-likeness (QED) is 0.768. The van der Waals surface area contributed by atoms with Gasteiger partial charge in [0, 0.05) is 18.5 Å². The van der Waals surface area contributed by atoms with Gasteiger partial charge in [-0.3, -0.25) is 4.79 Å². The summed E-state index contributed by atoms with van der Waals surface area (Å²) >= 11 is 1.77. The lowest BCUT2D eigenvalue weighted by molar-refractivity contribution is -0.910. The third-order valence-electron chi connectivity index (χ3n) is 4.54. The Morgan fingerprint density at radius 1 is 1.17 bits per heavy atom. The number of amides is 1. The molecule has 122 valence electrons. The summed E-state index contributed by atoms with van der Waals surface area (Å²) in [5.74, 6) is 0.0733. The van der Waals surface area contributed by atoms with Crippen LogP contribution < -0.4 is 10.2 Å². The van der Waals surface area contributed by atoms with Crippen molar-refractivity contribution < 1.29 is 9.69 Å². The molecule has 0 spiro atoms. The van der Waals surface area contributed by atoms with Gasteiger partial charge in [0.05, 0.1) is 16.8 Å². The van der Waals surface area contributed by atoms with Crippen LogP contribution in [0.4, 0.5) is 5.69 Å². The topological polar surface area (TPSA) is 46.4 Å². The highest BCUT2D eigenvalue weighted by Crippen LogP contribution is 2.28. The van der Waals surface area contributed by atoms with Gasteiger partial charge in [-0.1, -0.05) is 30.3 Å². The number of rotatable bonds is 4.